The van der Waals surface area contributed by atoms with Crippen molar-refractivity contribution in [1.29, 1.82) is 0 Å². The molecule has 0 spiro atoms. The average Bonchev–Trinajstić information content (AvgIpc) is 2.55. The summed E-state index contributed by atoms with van der Waals surface area (Å²) in [6.07, 6.45) is -0.659. The van der Waals surface area contributed by atoms with E-state index < -0.39 is 6.10 Å². The highest BCUT2D eigenvalue weighted by atomic mass is 35.5. The second-order valence-electron chi connectivity index (χ2n) is 4.95. The predicted molar refractivity (Wildman–Crippen MR) is 87.4 cm³/mol. The molecule has 0 bridgehead atoms. The van der Waals surface area contributed by atoms with Crippen LogP contribution in [0.2, 0.25) is 5.02 Å². The fraction of sp³-hybridized carbons (Fsp3) is 0.0526. The van der Waals surface area contributed by atoms with Crippen molar-refractivity contribution < 1.29 is 5.11 Å². The smallest absolute Gasteiger partial charge is 0.104 e. The quantitative estimate of drug-likeness (QED) is 0.713. The summed E-state index contributed by atoms with van der Waals surface area (Å²) in [5.41, 5.74) is 3.96. The molecule has 0 amide bonds. The topological polar surface area (TPSA) is 20.2 Å². The van der Waals surface area contributed by atoms with E-state index in [9.17, 15) is 5.11 Å². The molecule has 0 aromatic heterocycles. The zero-order chi connectivity index (χ0) is 14.7. The van der Waals surface area contributed by atoms with Crippen LogP contribution < -0.4 is 0 Å². The summed E-state index contributed by atoms with van der Waals surface area (Å²) in [7, 11) is 0. The van der Waals surface area contributed by atoms with Gasteiger partial charge in [0.15, 0.2) is 0 Å². The van der Waals surface area contributed by atoms with E-state index in [1.165, 1.54) is 5.56 Å². The Balaban J connectivity index is 1.87. The van der Waals surface area contributed by atoms with Gasteiger partial charge in [-0.3, -0.25) is 0 Å². The fourth-order valence-corrected chi connectivity index (χ4v) is 2.56. The van der Waals surface area contributed by atoms with E-state index in [1.807, 2.05) is 54.6 Å². The molecule has 1 atom stereocenters. The first-order valence-corrected chi connectivity index (χ1v) is 7.21. The molecule has 104 valence electrons. The third kappa shape index (κ3) is 3.15. The highest BCUT2D eigenvalue weighted by molar-refractivity contribution is 6.30. The van der Waals surface area contributed by atoms with Crippen molar-refractivity contribution in [2.75, 3.05) is 0 Å². The largest absolute Gasteiger partial charge is 0.384 e. The van der Waals surface area contributed by atoms with Crippen LogP contribution in [-0.2, 0) is 0 Å². The van der Waals surface area contributed by atoms with Gasteiger partial charge in [-0.15, -0.1) is 0 Å². The second kappa shape index (κ2) is 6.13. The molecule has 3 rings (SSSR count). The van der Waals surface area contributed by atoms with Crippen LogP contribution in [0.3, 0.4) is 0 Å². The Morgan fingerprint density at radius 3 is 2.00 bits per heavy atom. The molecule has 21 heavy (non-hydrogen) atoms. The molecule has 0 fully saturated rings. The Morgan fingerprint density at radius 1 is 0.667 bits per heavy atom. The van der Waals surface area contributed by atoms with Crippen molar-refractivity contribution in [3.8, 4) is 11.1 Å². The van der Waals surface area contributed by atoms with Crippen molar-refractivity contribution in [3.05, 3.63) is 95.0 Å². The van der Waals surface area contributed by atoms with Gasteiger partial charge in [0.25, 0.3) is 0 Å². The molecule has 0 radical (unpaired) electrons. The maximum atomic E-state index is 10.4. The number of hydrogen-bond donors (Lipinski definition) is 1. The van der Waals surface area contributed by atoms with E-state index in [0.717, 1.165) is 16.7 Å². The van der Waals surface area contributed by atoms with Crippen molar-refractivity contribution in [1.82, 2.24) is 0 Å². The first kappa shape index (κ1) is 13.9. The normalized spacial score (nSPS) is 12.1. The summed E-state index contributed by atoms with van der Waals surface area (Å²) < 4.78 is 0. The van der Waals surface area contributed by atoms with Crippen LogP contribution in [0.4, 0.5) is 0 Å². The Morgan fingerprint density at radius 2 is 1.33 bits per heavy atom. The van der Waals surface area contributed by atoms with Crippen LogP contribution in [0.25, 0.3) is 11.1 Å². The van der Waals surface area contributed by atoms with Crippen molar-refractivity contribution in [2.24, 2.45) is 0 Å². The zero-order valence-electron chi connectivity index (χ0n) is 11.4. The van der Waals surface area contributed by atoms with Gasteiger partial charge in [0.1, 0.15) is 6.10 Å². The summed E-state index contributed by atoms with van der Waals surface area (Å²) in [6, 6.07) is 25.5. The molecular formula is C19H15ClO. The number of halogens is 1. The van der Waals surface area contributed by atoms with Gasteiger partial charge in [0.2, 0.25) is 0 Å². The van der Waals surface area contributed by atoms with Gasteiger partial charge >= 0.3 is 0 Å². The third-order valence-corrected chi connectivity index (χ3v) is 3.73. The molecule has 2 heteroatoms. The lowest BCUT2D eigenvalue weighted by Gasteiger charge is -2.12. The monoisotopic (exact) mass is 294 g/mol. The molecule has 0 aliphatic carbocycles. The summed E-state index contributed by atoms with van der Waals surface area (Å²) >= 11 is 5.97. The lowest BCUT2D eigenvalue weighted by molar-refractivity contribution is 0.220. The van der Waals surface area contributed by atoms with Crippen molar-refractivity contribution in [2.45, 2.75) is 6.10 Å². The molecule has 1 nitrogen and oxygen atoms in total. The van der Waals surface area contributed by atoms with Gasteiger partial charge in [-0.2, -0.15) is 0 Å². The average molecular weight is 295 g/mol. The molecule has 0 heterocycles. The SMILES string of the molecule is O[C@H](c1ccc(-c2ccccc2)cc1)c1cccc(Cl)c1. The van der Waals surface area contributed by atoms with Crippen LogP contribution in [-0.4, -0.2) is 5.11 Å². The van der Waals surface area contributed by atoms with E-state index in [4.69, 9.17) is 11.6 Å². The number of benzene rings is 3. The Labute approximate surface area is 129 Å². The second-order valence-corrected chi connectivity index (χ2v) is 5.38. The summed E-state index contributed by atoms with van der Waals surface area (Å²) in [4.78, 5) is 0. The minimum atomic E-state index is -0.659. The van der Waals surface area contributed by atoms with Gasteiger partial charge in [-0.25, -0.2) is 0 Å². The first-order chi connectivity index (χ1) is 10.2. The van der Waals surface area contributed by atoms with E-state index in [1.54, 1.807) is 12.1 Å². The van der Waals surface area contributed by atoms with Crippen LogP contribution in [0.5, 0.6) is 0 Å². The maximum absolute atomic E-state index is 10.4. The van der Waals surface area contributed by atoms with Gasteiger partial charge in [0, 0.05) is 5.02 Å². The first-order valence-electron chi connectivity index (χ1n) is 6.83. The highest BCUT2D eigenvalue weighted by Crippen LogP contribution is 2.26. The maximum Gasteiger partial charge on any atom is 0.104 e. The Hall–Kier alpha value is -2.09. The van der Waals surface area contributed by atoms with Crippen LogP contribution >= 0.6 is 11.6 Å². The summed E-state index contributed by atoms with van der Waals surface area (Å²) in [5, 5.41) is 11.1. The lowest BCUT2D eigenvalue weighted by Crippen LogP contribution is -1.99. The number of aliphatic hydroxyl groups excluding tert-OH is 1. The van der Waals surface area contributed by atoms with Crippen molar-refractivity contribution in [3.63, 3.8) is 0 Å². The molecule has 0 saturated heterocycles. The fourth-order valence-electron chi connectivity index (χ4n) is 2.36. The van der Waals surface area contributed by atoms with Crippen molar-refractivity contribution >= 4 is 11.6 Å². The summed E-state index contributed by atoms with van der Waals surface area (Å²) in [5.74, 6) is 0. The summed E-state index contributed by atoms with van der Waals surface area (Å²) in [6.45, 7) is 0. The van der Waals surface area contributed by atoms with Gasteiger partial charge < -0.3 is 5.11 Å². The van der Waals surface area contributed by atoms with E-state index in [0.29, 0.717) is 5.02 Å². The molecular weight excluding hydrogens is 280 g/mol. The van der Waals surface area contributed by atoms with Crippen LogP contribution in [0, 0.1) is 0 Å². The molecule has 3 aromatic carbocycles. The number of rotatable bonds is 3. The highest BCUT2D eigenvalue weighted by Gasteiger charge is 2.10. The standard InChI is InChI=1S/C19H15ClO/c20-18-8-4-7-17(13-18)19(21)16-11-9-15(10-12-16)14-5-2-1-3-6-14/h1-13,19,21H/t19-/m1/s1. The zero-order valence-corrected chi connectivity index (χ0v) is 12.2. The molecule has 0 saturated carbocycles. The predicted octanol–water partition coefficient (Wildman–Crippen LogP) is 5.09. The minimum absolute atomic E-state index is 0.632. The van der Waals surface area contributed by atoms with E-state index in [-0.39, 0.29) is 0 Å². The lowest BCUT2D eigenvalue weighted by atomic mass is 9.98. The van der Waals surface area contributed by atoms with Gasteiger partial charge in [-0.05, 0) is 34.4 Å². The number of hydrogen-bond acceptors (Lipinski definition) is 1. The Kier molecular flexibility index (Phi) is 4.05. The Bertz CT molecular complexity index is 720. The van der Waals surface area contributed by atoms with Crippen LogP contribution in [0.15, 0.2) is 78.9 Å². The molecule has 0 aliphatic rings. The van der Waals surface area contributed by atoms with Gasteiger partial charge in [0.05, 0.1) is 0 Å². The molecule has 1 N–H and O–H groups in total. The van der Waals surface area contributed by atoms with E-state index >= 15 is 0 Å². The number of aliphatic hydroxyl groups is 1. The molecule has 3 aromatic rings. The molecule has 0 aliphatic heterocycles. The molecule has 0 unspecified atom stereocenters. The van der Waals surface area contributed by atoms with E-state index in [2.05, 4.69) is 12.1 Å². The van der Waals surface area contributed by atoms with Gasteiger partial charge in [-0.1, -0.05) is 78.3 Å². The van der Waals surface area contributed by atoms with Crippen LogP contribution in [0.1, 0.15) is 17.2 Å². The minimum Gasteiger partial charge on any atom is -0.384 e. The third-order valence-electron chi connectivity index (χ3n) is 3.50.